The molecule has 0 radical (unpaired) electrons. The van der Waals surface area contributed by atoms with E-state index in [0.717, 1.165) is 35.6 Å². The summed E-state index contributed by atoms with van der Waals surface area (Å²) in [6.45, 7) is 5.15. The summed E-state index contributed by atoms with van der Waals surface area (Å²) in [6, 6.07) is 6.23. The summed E-state index contributed by atoms with van der Waals surface area (Å²) in [4.78, 5) is 24.6. The number of aromatic nitrogens is 2. The van der Waals surface area contributed by atoms with Gasteiger partial charge in [0.1, 0.15) is 12.1 Å². The van der Waals surface area contributed by atoms with E-state index in [1.807, 2.05) is 32.0 Å². The highest BCUT2D eigenvalue weighted by molar-refractivity contribution is 5.76. The number of hydrogen-bond acceptors (Lipinski definition) is 3. The topological polar surface area (TPSA) is 64.0 Å². The SMILES string of the molecule is Cc1ccc(C(C)NC(=O)Cn2nc(C3CC3)cc(C(F)(F)F)c2=O)cc1C. The molecule has 1 aromatic carbocycles. The molecule has 28 heavy (non-hydrogen) atoms. The van der Waals surface area contributed by atoms with E-state index in [-0.39, 0.29) is 17.7 Å². The molecule has 150 valence electrons. The van der Waals surface area contributed by atoms with Crippen molar-refractivity contribution in [2.75, 3.05) is 0 Å². The summed E-state index contributed by atoms with van der Waals surface area (Å²) in [7, 11) is 0. The number of nitrogens with one attached hydrogen (secondary N) is 1. The molecule has 3 rings (SSSR count). The highest BCUT2D eigenvalue weighted by atomic mass is 19.4. The van der Waals surface area contributed by atoms with Gasteiger partial charge in [-0.1, -0.05) is 18.2 Å². The van der Waals surface area contributed by atoms with Crippen LogP contribution >= 0.6 is 0 Å². The zero-order chi connectivity index (χ0) is 20.6. The molecule has 1 aliphatic carbocycles. The Morgan fingerprint density at radius 1 is 1.25 bits per heavy atom. The van der Waals surface area contributed by atoms with E-state index < -0.39 is 29.8 Å². The van der Waals surface area contributed by atoms with E-state index in [0.29, 0.717) is 4.68 Å². The lowest BCUT2D eigenvalue weighted by Gasteiger charge is -2.17. The van der Waals surface area contributed by atoms with Crippen molar-refractivity contribution in [1.82, 2.24) is 15.1 Å². The van der Waals surface area contributed by atoms with Crippen molar-refractivity contribution in [1.29, 1.82) is 0 Å². The molecule has 1 N–H and O–H groups in total. The van der Waals surface area contributed by atoms with Crippen molar-refractivity contribution < 1.29 is 18.0 Å². The lowest BCUT2D eigenvalue weighted by molar-refractivity contribution is -0.139. The Balaban J connectivity index is 1.80. The Morgan fingerprint density at radius 2 is 1.93 bits per heavy atom. The van der Waals surface area contributed by atoms with E-state index in [1.54, 1.807) is 6.92 Å². The number of carbonyl (C=O) groups excluding carboxylic acids is 1. The van der Waals surface area contributed by atoms with E-state index in [4.69, 9.17) is 0 Å². The van der Waals surface area contributed by atoms with Gasteiger partial charge in [0.15, 0.2) is 0 Å². The average molecular weight is 393 g/mol. The van der Waals surface area contributed by atoms with Gasteiger partial charge in [0.2, 0.25) is 5.91 Å². The van der Waals surface area contributed by atoms with Crippen molar-refractivity contribution in [3.63, 3.8) is 0 Å². The first-order valence-corrected chi connectivity index (χ1v) is 9.12. The predicted molar refractivity (Wildman–Crippen MR) is 97.9 cm³/mol. The van der Waals surface area contributed by atoms with Gasteiger partial charge < -0.3 is 5.32 Å². The Bertz CT molecular complexity index is 962. The van der Waals surface area contributed by atoms with Crippen LogP contribution in [0.3, 0.4) is 0 Å². The third-order valence-corrected chi connectivity index (χ3v) is 5.00. The first-order valence-electron chi connectivity index (χ1n) is 9.12. The number of amides is 1. The number of aryl methyl sites for hydroxylation is 2. The molecule has 1 atom stereocenters. The van der Waals surface area contributed by atoms with Crippen LogP contribution in [0.15, 0.2) is 29.1 Å². The largest absolute Gasteiger partial charge is 0.421 e. The highest BCUT2D eigenvalue weighted by Gasteiger charge is 2.37. The molecule has 0 aliphatic heterocycles. The van der Waals surface area contributed by atoms with Crippen LogP contribution in [-0.2, 0) is 17.5 Å². The molecule has 0 bridgehead atoms. The van der Waals surface area contributed by atoms with Crippen molar-refractivity contribution in [2.24, 2.45) is 0 Å². The third kappa shape index (κ3) is 4.43. The number of carbonyl (C=O) groups is 1. The van der Waals surface area contributed by atoms with Crippen molar-refractivity contribution in [2.45, 2.75) is 58.3 Å². The Morgan fingerprint density at radius 3 is 2.50 bits per heavy atom. The number of nitrogens with zero attached hydrogens (tertiary/aromatic N) is 2. The van der Waals surface area contributed by atoms with Gasteiger partial charge in [-0.05, 0) is 56.4 Å². The number of halogens is 3. The van der Waals surface area contributed by atoms with Crippen molar-refractivity contribution in [3.05, 3.63) is 62.6 Å². The second kappa shape index (κ2) is 7.41. The van der Waals surface area contributed by atoms with Crippen LogP contribution in [0.25, 0.3) is 0 Å². The minimum absolute atomic E-state index is 0.0783. The summed E-state index contributed by atoms with van der Waals surface area (Å²) in [5.74, 6) is -0.646. The van der Waals surface area contributed by atoms with Crippen LogP contribution in [-0.4, -0.2) is 15.7 Å². The minimum Gasteiger partial charge on any atom is -0.348 e. The van der Waals surface area contributed by atoms with Crippen molar-refractivity contribution in [3.8, 4) is 0 Å². The van der Waals surface area contributed by atoms with E-state index in [2.05, 4.69) is 10.4 Å². The molecular weight excluding hydrogens is 371 g/mol. The molecule has 1 aromatic heterocycles. The average Bonchev–Trinajstić information content (AvgIpc) is 3.43. The van der Waals surface area contributed by atoms with E-state index in [9.17, 15) is 22.8 Å². The normalized spacial score (nSPS) is 15.4. The molecule has 0 spiro atoms. The highest BCUT2D eigenvalue weighted by Crippen LogP contribution is 2.40. The zero-order valence-corrected chi connectivity index (χ0v) is 15.9. The second-order valence-corrected chi connectivity index (χ2v) is 7.35. The molecule has 1 saturated carbocycles. The number of benzene rings is 1. The maximum Gasteiger partial charge on any atom is 0.421 e. The van der Waals surface area contributed by atoms with Crippen molar-refractivity contribution >= 4 is 5.91 Å². The second-order valence-electron chi connectivity index (χ2n) is 7.35. The lowest BCUT2D eigenvalue weighted by Crippen LogP contribution is -2.38. The molecule has 1 unspecified atom stereocenters. The molecule has 0 saturated heterocycles. The predicted octanol–water partition coefficient (Wildman–Crippen LogP) is 3.63. The number of hydrogen-bond donors (Lipinski definition) is 1. The molecule has 1 heterocycles. The Kier molecular flexibility index (Phi) is 5.32. The molecule has 1 aliphatic rings. The number of rotatable bonds is 5. The van der Waals surface area contributed by atoms with Crippen LogP contribution in [0.1, 0.15) is 59.7 Å². The first-order chi connectivity index (χ1) is 13.1. The zero-order valence-electron chi connectivity index (χ0n) is 15.9. The van der Waals surface area contributed by atoms with Gasteiger partial charge in [0.25, 0.3) is 5.56 Å². The van der Waals surface area contributed by atoms with Gasteiger partial charge in [-0.15, -0.1) is 0 Å². The van der Waals surface area contributed by atoms with Crippen LogP contribution < -0.4 is 10.9 Å². The van der Waals surface area contributed by atoms with E-state index in [1.165, 1.54) is 0 Å². The fraction of sp³-hybridized carbons (Fsp3) is 0.450. The maximum atomic E-state index is 13.2. The summed E-state index contributed by atoms with van der Waals surface area (Å²) < 4.78 is 40.2. The van der Waals surface area contributed by atoms with Gasteiger partial charge in [0, 0.05) is 5.92 Å². The third-order valence-electron chi connectivity index (χ3n) is 5.00. The van der Waals surface area contributed by atoms with Gasteiger partial charge >= 0.3 is 6.18 Å². The Labute approximate surface area is 160 Å². The summed E-state index contributed by atoms with van der Waals surface area (Å²) in [6.07, 6.45) is -3.31. The quantitative estimate of drug-likeness (QED) is 0.844. The lowest BCUT2D eigenvalue weighted by atomic mass is 10.0. The minimum atomic E-state index is -4.78. The summed E-state index contributed by atoms with van der Waals surface area (Å²) in [5, 5.41) is 6.72. The van der Waals surface area contributed by atoms with Gasteiger partial charge in [-0.25, -0.2) is 4.68 Å². The monoisotopic (exact) mass is 393 g/mol. The van der Waals surface area contributed by atoms with Gasteiger partial charge in [-0.2, -0.15) is 18.3 Å². The molecule has 5 nitrogen and oxygen atoms in total. The molecule has 2 aromatic rings. The van der Waals surface area contributed by atoms with Crippen LogP contribution in [0.5, 0.6) is 0 Å². The van der Waals surface area contributed by atoms with E-state index >= 15 is 0 Å². The fourth-order valence-corrected chi connectivity index (χ4v) is 2.99. The van der Waals surface area contributed by atoms with Crippen LogP contribution in [0, 0.1) is 13.8 Å². The van der Waals surface area contributed by atoms with Gasteiger partial charge in [-0.3, -0.25) is 9.59 Å². The number of alkyl halides is 3. The van der Waals surface area contributed by atoms with Gasteiger partial charge in [0.05, 0.1) is 11.7 Å². The molecule has 8 heteroatoms. The summed E-state index contributed by atoms with van der Waals surface area (Å²) >= 11 is 0. The Hall–Kier alpha value is -2.64. The smallest absolute Gasteiger partial charge is 0.348 e. The molecule has 1 fully saturated rings. The molecular formula is C20H22F3N3O2. The standard InChI is InChI=1S/C20H22F3N3O2/c1-11-4-5-15(8-12(11)2)13(3)24-18(27)10-26-19(28)16(20(21,22)23)9-17(25-26)14-6-7-14/h4-5,8-9,13-14H,6-7,10H2,1-3H3,(H,24,27). The fourth-order valence-electron chi connectivity index (χ4n) is 2.99. The summed E-state index contributed by atoms with van der Waals surface area (Å²) in [5.41, 5.74) is 0.699. The molecule has 1 amide bonds. The maximum absolute atomic E-state index is 13.2. The van der Waals surface area contributed by atoms with Crippen LogP contribution in [0.4, 0.5) is 13.2 Å². The first kappa shape index (κ1) is 20.1. The van der Waals surface area contributed by atoms with Crippen LogP contribution in [0.2, 0.25) is 0 Å².